The van der Waals surface area contributed by atoms with Gasteiger partial charge in [-0.1, -0.05) is 48.0 Å². The number of hydrogen-bond acceptors (Lipinski definition) is 3. The Labute approximate surface area is 172 Å². The molecular weight excluding hydrogens is 362 g/mol. The lowest BCUT2D eigenvalue weighted by atomic mass is 10.1. The average molecular weight is 392 g/mol. The molecule has 0 radical (unpaired) electrons. The second-order valence-corrected chi connectivity index (χ2v) is 7.53. The molecule has 0 aliphatic rings. The number of para-hydroxylation sites is 1. The van der Waals surface area contributed by atoms with E-state index in [0.717, 1.165) is 22.7 Å². The van der Waals surface area contributed by atoms with Crippen molar-refractivity contribution >= 4 is 5.91 Å². The van der Waals surface area contributed by atoms with Crippen LogP contribution in [0.25, 0.3) is 0 Å². The maximum absolute atomic E-state index is 13.0. The summed E-state index contributed by atoms with van der Waals surface area (Å²) < 4.78 is 7.74. The van der Waals surface area contributed by atoms with Gasteiger partial charge in [0.1, 0.15) is 12.4 Å². The minimum atomic E-state index is -0.0245. The van der Waals surface area contributed by atoms with Crippen molar-refractivity contribution in [1.29, 1.82) is 0 Å². The zero-order chi connectivity index (χ0) is 21.0. The summed E-state index contributed by atoms with van der Waals surface area (Å²) >= 11 is 0. The van der Waals surface area contributed by atoms with Gasteiger partial charge >= 0.3 is 0 Å². The first-order chi connectivity index (χ1) is 13.9. The highest BCUT2D eigenvalue weighted by Crippen LogP contribution is 2.18. The summed E-state index contributed by atoms with van der Waals surface area (Å²) in [6, 6.07) is 16.3. The third kappa shape index (κ3) is 4.86. The van der Waals surface area contributed by atoms with Crippen molar-refractivity contribution in [2.75, 3.05) is 20.2 Å². The Morgan fingerprint density at radius 2 is 1.72 bits per heavy atom. The number of nitrogens with zero attached hydrogens (tertiary/aromatic N) is 3. The molecule has 5 heteroatoms. The Morgan fingerprint density at radius 3 is 2.41 bits per heavy atom. The lowest BCUT2D eigenvalue weighted by molar-refractivity contribution is 0.0772. The first-order valence-corrected chi connectivity index (χ1v) is 9.90. The Kier molecular flexibility index (Phi) is 6.37. The normalized spacial score (nSPS) is 10.8. The molecule has 3 rings (SSSR count). The molecule has 1 amide bonds. The van der Waals surface area contributed by atoms with Gasteiger partial charge in [0.15, 0.2) is 0 Å². The number of likely N-dealkylation sites (N-methyl/N-ethyl adjacent to an activating group) is 1. The number of rotatable bonds is 7. The highest BCUT2D eigenvalue weighted by molar-refractivity contribution is 5.96. The fourth-order valence-corrected chi connectivity index (χ4v) is 3.33. The third-order valence-electron chi connectivity index (χ3n) is 5.17. The Morgan fingerprint density at radius 1 is 1.03 bits per heavy atom. The van der Waals surface area contributed by atoms with Gasteiger partial charge in [-0.3, -0.25) is 9.48 Å². The summed E-state index contributed by atoms with van der Waals surface area (Å²) in [5.41, 5.74) is 5.81. The summed E-state index contributed by atoms with van der Waals surface area (Å²) in [5.74, 6) is 0.829. The average Bonchev–Trinajstić information content (AvgIpc) is 2.97. The minimum absolute atomic E-state index is 0.0245. The highest BCUT2D eigenvalue weighted by Gasteiger charge is 2.21. The van der Waals surface area contributed by atoms with Crippen molar-refractivity contribution < 1.29 is 9.53 Å². The second-order valence-electron chi connectivity index (χ2n) is 7.53. The molecule has 5 nitrogen and oxygen atoms in total. The number of hydrogen-bond donors (Lipinski definition) is 0. The first-order valence-electron chi connectivity index (χ1n) is 9.90. The molecule has 0 N–H and O–H groups in total. The first kappa shape index (κ1) is 20.6. The predicted octanol–water partition coefficient (Wildman–Crippen LogP) is 4.32. The largest absolute Gasteiger partial charge is 0.491 e. The van der Waals surface area contributed by atoms with E-state index >= 15 is 0 Å². The fraction of sp³-hybridized carbons (Fsp3) is 0.333. The van der Waals surface area contributed by atoms with Crippen LogP contribution in [0.5, 0.6) is 5.75 Å². The van der Waals surface area contributed by atoms with Gasteiger partial charge in [0.05, 0.1) is 24.3 Å². The van der Waals surface area contributed by atoms with Crippen LogP contribution >= 0.6 is 0 Å². The number of ether oxygens (including phenoxy) is 1. The van der Waals surface area contributed by atoms with Crippen molar-refractivity contribution in [3.8, 4) is 5.75 Å². The zero-order valence-corrected chi connectivity index (χ0v) is 17.9. The standard InChI is InChI=1S/C24H29N3O2/c1-17-10-12-21(13-11-17)16-27-20(4)23(19(3)25-27)24(28)26(5)14-15-29-22-9-7-6-8-18(22)2/h6-13H,14-16H2,1-5H3. The number of aryl methyl sites for hydroxylation is 3. The van der Waals surface area contributed by atoms with Gasteiger partial charge in [0.2, 0.25) is 0 Å². The molecule has 0 unspecified atom stereocenters. The monoisotopic (exact) mass is 391 g/mol. The van der Waals surface area contributed by atoms with Crippen LogP contribution in [0.15, 0.2) is 48.5 Å². The van der Waals surface area contributed by atoms with Gasteiger partial charge in [-0.15, -0.1) is 0 Å². The summed E-state index contributed by atoms with van der Waals surface area (Å²) in [5, 5.41) is 4.61. The summed E-state index contributed by atoms with van der Waals surface area (Å²) in [6.07, 6.45) is 0. The fourth-order valence-electron chi connectivity index (χ4n) is 3.33. The molecule has 0 aliphatic carbocycles. The van der Waals surface area contributed by atoms with Crippen molar-refractivity contribution in [3.05, 3.63) is 82.2 Å². The van der Waals surface area contributed by atoms with E-state index in [1.807, 2.05) is 49.7 Å². The number of benzene rings is 2. The van der Waals surface area contributed by atoms with Crippen LogP contribution in [0.1, 0.15) is 38.4 Å². The summed E-state index contributed by atoms with van der Waals surface area (Å²) in [4.78, 5) is 14.7. The molecule has 0 aliphatic heterocycles. The van der Waals surface area contributed by atoms with Gasteiger partial charge in [-0.2, -0.15) is 5.10 Å². The van der Waals surface area contributed by atoms with E-state index in [2.05, 4.69) is 36.3 Å². The number of amides is 1. The molecule has 0 atom stereocenters. The van der Waals surface area contributed by atoms with Crippen molar-refractivity contribution in [3.63, 3.8) is 0 Å². The van der Waals surface area contributed by atoms with E-state index in [1.165, 1.54) is 11.1 Å². The van der Waals surface area contributed by atoms with Gasteiger partial charge in [0.25, 0.3) is 5.91 Å². The zero-order valence-electron chi connectivity index (χ0n) is 17.9. The van der Waals surface area contributed by atoms with Crippen molar-refractivity contribution in [2.24, 2.45) is 0 Å². The number of aromatic nitrogens is 2. The van der Waals surface area contributed by atoms with Crippen LogP contribution in [0, 0.1) is 27.7 Å². The van der Waals surface area contributed by atoms with E-state index in [4.69, 9.17) is 4.74 Å². The van der Waals surface area contributed by atoms with Gasteiger partial charge in [0, 0.05) is 12.7 Å². The molecule has 0 fully saturated rings. The molecule has 0 spiro atoms. The number of carbonyl (C=O) groups excluding carboxylic acids is 1. The Bertz CT molecular complexity index is 990. The van der Waals surface area contributed by atoms with Crippen LogP contribution in [0.3, 0.4) is 0 Å². The summed E-state index contributed by atoms with van der Waals surface area (Å²) in [7, 11) is 1.81. The molecule has 3 aromatic rings. The van der Waals surface area contributed by atoms with E-state index in [-0.39, 0.29) is 5.91 Å². The van der Waals surface area contributed by atoms with Crippen LogP contribution in [0.2, 0.25) is 0 Å². The highest BCUT2D eigenvalue weighted by atomic mass is 16.5. The SMILES string of the molecule is Cc1ccc(Cn2nc(C)c(C(=O)N(C)CCOc3ccccc3C)c2C)cc1. The Balaban J connectivity index is 1.66. The molecule has 152 valence electrons. The van der Waals surface area contributed by atoms with Gasteiger partial charge in [-0.05, 0) is 44.9 Å². The topological polar surface area (TPSA) is 47.4 Å². The minimum Gasteiger partial charge on any atom is -0.491 e. The molecule has 0 saturated heterocycles. The van der Waals surface area contributed by atoms with E-state index in [9.17, 15) is 4.79 Å². The molecule has 2 aromatic carbocycles. The second kappa shape index (κ2) is 8.95. The van der Waals surface area contributed by atoms with Crippen LogP contribution in [-0.4, -0.2) is 40.8 Å². The molecule has 1 heterocycles. The molecule has 29 heavy (non-hydrogen) atoms. The predicted molar refractivity (Wildman–Crippen MR) is 116 cm³/mol. The van der Waals surface area contributed by atoms with E-state index in [0.29, 0.717) is 25.3 Å². The van der Waals surface area contributed by atoms with Crippen molar-refractivity contribution in [2.45, 2.75) is 34.2 Å². The van der Waals surface area contributed by atoms with E-state index < -0.39 is 0 Å². The van der Waals surface area contributed by atoms with Crippen molar-refractivity contribution in [1.82, 2.24) is 14.7 Å². The van der Waals surface area contributed by atoms with E-state index in [1.54, 1.807) is 11.9 Å². The van der Waals surface area contributed by atoms with Crippen LogP contribution in [-0.2, 0) is 6.54 Å². The lowest BCUT2D eigenvalue weighted by Gasteiger charge is -2.18. The maximum atomic E-state index is 13.0. The quantitative estimate of drug-likeness (QED) is 0.603. The molecule has 0 saturated carbocycles. The molecule has 0 bridgehead atoms. The molecule has 1 aromatic heterocycles. The smallest absolute Gasteiger partial charge is 0.257 e. The molecular formula is C24H29N3O2. The van der Waals surface area contributed by atoms with Gasteiger partial charge < -0.3 is 9.64 Å². The number of carbonyl (C=O) groups is 1. The van der Waals surface area contributed by atoms with Crippen LogP contribution < -0.4 is 4.74 Å². The summed E-state index contributed by atoms with van der Waals surface area (Å²) in [6.45, 7) is 9.54. The van der Waals surface area contributed by atoms with Gasteiger partial charge in [-0.25, -0.2) is 0 Å². The Hall–Kier alpha value is -3.08. The third-order valence-corrected chi connectivity index (χ3v) is 5.17. The lowest BCUT2D eigenvalue weighted by Crippen LogP contribution is -2.31. The maximum Gasteiger partial charge on any atom is 0.257 e. The van der Waals surface area contributed by atoms with Crippen LogP contribution in [0.4, 0.5) is 0 Å².